The molecule has 0 saturated carbocycles. The van der Waals surface area contributed by atoms with Crippen LogP contribution in [-0.4, -0.2) is 49.6 Å². The Morgan fingerprint density at radius 3 is 2.78 bits per heavy atom. The highest BCUT2D eigenvalue weighted by molar-refractivity contribution is 5.33. The van der Waals surface area contributed by atoms with Gasteiger partial charge in [-0.25, -0.2) is 0 Å². The van der Waals surface area contributed by atoms with Crippen LogP contribution in [0.2, 0.25) is 0 Å². The molecule has 1 saturated heterocycles. The molecule has 98 valence electrons. The highest BCUT2D eigenvalue weighted by Gasteiger charge is 2.15. The van der Waals surface area contributed by atoms with Crippen molar-refractivity contribution in [3.63, 3.8) is 0 Å². The van der Waals surface area contributed by atoms with Crippen molar-refractivity contribution in [2.45, 2.75) is 19.5 Å². The number of fused-ring (bicyclic) bond motifs is 1. The molecule has 0 radical (unpaired) electrons. The number of benzene rings is 1. The van der Waals surface area contributed by atoms with Gasteiger partial charge < -0.3 is 10.2 Å². The molecule has 3 heteroatoms. The highest BCUT2D eigenvalue weighted by Crippen LogP contribution is 2.17. The van der Waals surface area contributed by atoms with Crippen molar-refractivity contribution >= 4 is 0 Å². The van der Waals surface area contributed by atoms with Gasteiger partial charge in [-0.15, -0.1) is 0 Å². The van der Waals surface area contributed by atoms with Crippen LogP contribution in [0.5, 0.6) is 0 Å². The van der Waals surface area contributed by atoms with Crippen molar-refractivity contribution in [2.75, 3.05) is 39.8 Å². The maximum atomic E-state index is 3.46. The number of hydrogen-bond acceptors (Lipinski definition) is 3. The van der Waals surface area contributed by atoms with Gasteiger partial charge in [0.1, 0.15) is 0 Å². The lowest BCUT2D eigenvalue weighted by Gasteiger charge is -2.32. The summed E-state index contributed by atoms with van der Waals surface area (Å²) in [5.41, 5.74) is 4.52. The Labute approximate surface area is 110 Å². The van der Waals surface area contributed by atoms with Gasteiger partial charge in [-0.3, -0.25) is 4.90 Å². The van der Waals surface area contributed by atoms with Gasteiger partial charge in [0.2, 0.25) is 0 Å². The van der Waals surface area contributed by atoms with E-state index in [1.807, 2.05) is 0 Å². The summed E-state index contributed by atoms with van der Waals surface area (Å²) in [4.78, 5) is 4.98. The normalized spacial score (nSPS) is 21.8. The van der Waals surface area contributed by atoms with Crippen molar-refractivity contribution in [1.82, 2.24) is 15.1 Å². The van der Waals surface area contributed by atoms with Crippen molar-refractivity contribution in [3.8, 4) is 0 Å². The average Bonchev–Trinajstić information content (AvgIpc) is 2.41. The van der Waals surface area contributed by atoms with Gasteiger partial charge >= 0.3 is 0 Å². The summed E-state index contributed by atoms with van der Waals surface area (Å²) >= 11 is 0. The van der Waals surface area contributed by atoms with E-state index in [4.69, 9.17) is 0 Å². The first-order valence-corrected chi connectivity index (χ1v) is 7.03. The molecule has 0 unspecified atom stereocenters. The fourth-order valence-corrected chi connectivity index (χ4v) is 2.90. The van der Waals surface area contributed by atoms with Crippen molar-refractivity contribution in [2.24, 2.45) is 0 Å². The van der Waals surface area contributed by atoms with Crippen LogP contribution in [-0.2, 0) is 19.5 Å². The molecule has 2 heterocycles. The molecule has 1 N–H and O–H groups in total. The van der Waals surface area contributed by atoms with E-state index in [9.17, 15) is 0 Å². The van der Waals surface area contributed by atoms with E-state index in [-0.39, 0.29) is 0 Å². The molecule has 2 aliphatic heterocycles. The van der Waals surface area contributed by atoms with E-state index < -0.39 is 0 Å². The fraction of sp³-hybridized carbons (Fsp3) is 0.600. The SMILES string of the molecule is CN1CCN(Cc2ccc3c(c2)CNCC3)CC1. The third kappa shape index (κ3) is 2.74. The second-order valence-electron chi connectivity index (χ2n) is 5.61. The Hall–Kier alpha value is -0.900. The van der Waals surface area contributed by atoms with Gasteiger partial charge in [-0.05, 0) is 36.7 Å². The maximum Gasteiger partial charge on any atom is 0.0234 e. The summed E-state index contributed by atoms with van der Waals surface area (Å²) < 4.78 is 0. The predicted molar refractivity (Wildman–Crippen MR) is 74.6 cm³/mol. The Balaban J connectivity index is 1.66. The van der Waals surface area contributed by atoms with Gasteiger partial charge in [0.05, 0.1) is 0 Å². The summed E-state index contributed by atoms with van der Waals surface area (Å²) in [6.07, 6.45) is 1.18. The molecule has 0 amide bonds. The largest absolute Gasteiger partial charge is 0.312 e. The summed E-state index contributed by atoms with van der Waals surface area (Å²) in [7, 11) is 2.21. The molecule has 1 aromatic carbocycles. The van der Waals surface area contributed by atoms with Crippen molar-refractivity contribution < 1.29 is 0 Å². The number of nitrogens with one attached hydrogen (secondary N) is 1. The molecule has 1 fully saturated rings. The zero-order chi connectivity index (χ0) is 12.4. The van der Waals surface area contributed by atoms with Crippen molar-refractivity contribution in [3.05, 3.63) is 34.9 Å². The van der Waals surface area contributed by atoms with Crippen LogP contribution in [0.3, 0.4) is 0 Å². The van der Waals surface area contributed by atoms with Gasteiger partial charge in [-0.1, -0.05) is 18.2 Å². The monoisotopic (exact) mass is 245 g/mol. The summed E-state index contributed by atoms with van der Waals surface area (Å²) in [5.74, 6) is 0. The van der Waals surface area contributed by atoms with Gasteiger partial charge in [-0.2, -0.15) is 0 Å². The molecule has 0 atom stereocenters. The zero-order valence-corrected chi connectivity index (χ0v) is 11.3. The minimum atomic E-state index is 1.05. The third-order valence-electron chi connectivity index (χ3n) is 4.16. The van der Waals surface area contributed by atoms with E-state index in [1.54, 1.807) is 0 Å². The summed E-state index contributed by atoms with van der Waals surface area (Å²) in [5, 5.41) is 3.46. The first-order valence-electron chi connectivity index (χ1n) is 7.03. The van der Waals surface area contributed by atoms with E-state index >= 15 is 0 Å². The summed E-state index contributed by atoms with van der Waals surface area (Å²) in [6, 6.07) is 7.06. The molecule has 3 nitrogen and oxygen atoms in total. The summed E-state index contributed by atoms with van der Waals surface area (Å²) in [6.45, 7) is 8.09. The number of rotatable bonds is 2. The smallest absolute Gasteiger partial charge is 0.0234 e. The molecule has 18 heavy (non-hydrogen) atoms. The lowest BCUT2D eigenvalue weighted by molar-refractivity contribution is 0.148. The first-order chi connectivity index (χ1) is 8.81. The van der Waals surface area contributed by atoms with E-state index in [0.29, 0.717) is 0 Å². The van der Waals surface area contributed by atoms with E-state index in [0.717, 1.165) is 19.6 Å². The topological polar surface area (TPSA) is 18.5 Å². The standard InChI is InChI=1S/C15H23N3/c1-17-6-8-18(9-7-17)12-13-2-3-14-4-5-16-11-15(14)10-13/h2-3,10,16H,4-9,11-12H2,1H3. The van der Waals surface area contributed by atoms with Crippen molar-refractivity contribution in [1.29, 1.82) is 0 Å². The quantitative estimate of drug-likeness (QED) is 0.841. The van der Waals surface area contributed by atoms with Crippen LogP contribution in [0.25, 0.3) is 0 Å². The third-order valence-corrected chi connectivity index (χ3v) is 4.16. The molecular formula is C15H23N3. The minimum Gasteiger partial charge on any atom is -0.312 e. The first kappa shape index (κ1) is 12.2. The number of nitrogens with zero attached hydrogens (tertiary/aromatic N) is 2. The fourth-order valence-electron chi connectivity index (χ4n) is 2.90. The van der Waals surface area contributed by atoms with Crippen LogP contribution in [0.1, 0.15) is 16.7 Å². The number of hydrogen-bond donors (Lipinski definition) is 1. The minimum absolute atomic E-state index is 1.05. The van der Waals surface area contributed by atoms with Crippen LogP contribution < -0.4 is 5.32 Å². The number of piperazine rings is 1. The molecule has 3 rings (SSSR count). The molecule has 2 aliphatic rings. The van der Waals surface area contributed by atoms with E-state index in [1.165, 1.54) is 49.3 Å². The maximum absolute atomic E-state index is 3.46. The van der Waals surface area contributed by atoms with Crippen LogP contribution in [0.15, 0.2) is 18.2 Å². The van der Waals surface area contributed by atoms with Crippen LogP contribution in [0.4, 0.5) is 0 Å². The van der Waals surface area contributed by atoms with Gasteiger partial charge in [0.15, 0.2) is 0 Å². The Bertz CT molecular complexity index is 408. The second-order valence-corrected chi connectivity index (χ2v) is 5.61. The van der Waals surface area contributed by atoms with E-state index in [2.05, 4.69) is 40.4 Å². The predicted octanol–water partition coefficient (Wildman–Crippen LogP) is 1.08. The van der Waals surface area contributed by atoms with Crippen LogP contribution >= 0.6 is 0 Å². The Morgan fingerprint density at radius 2 is 1.94 bits per heavy atom. The molecule has 0 bridgehead atoms. The highest BCUT2D eigenvalue weighted by atomic mass is 15.2. The Morgan fingerprint density at radius 1 is 1.11 bits per heavy atom. The molecule has 0 aromatic heterocycles. The van der Waals surface area contributed by atoms with Crippen LogP contribution in [0, 0.1) is 0 Å². The number of likely N-dealkylation sites (N-methyl/N-ethyl adjacent to an activating group) is 1. The average molecular weight is 245 g/mol. The lowest BCUT2D eigenvalue weighted by Crippen LogP contribution is -2.43. The van der Waals surface area contributed by atoms with Gasteiger partial charge in [0, 0.05) is 39.3 Å². The van der Waals surface area contributed by atoms with Gasteiger partial charge in [0.25, 0.3) is 0 Å². The molecule has 1 aromatic rings. The molecule has 0 spiro atoms. The molecule has 0 aliphatic carbocycles. The Kier molecular flexibility index (Phi) is 3.64. The zero-order valence-electron chi connectivity index (χ0n) is 11.3. The second kappa shape index (κ2) is 5.39. The molecular weight excluding hydrogens is 222 g/mol. The lowest BCUT2D eigenvalue weighted by atomic mass is 9.98.